The first-order valence-corrected chi connectivity index (χ1v) is 6.69. The SMILES string of the molecule is CCCCN1CCO[C@@H](CCN(C)C(C)=O)C1. The molecule has 0 aliphatic carbocycles. The van der Waals surface area contributed by atoms with Gasteiger partial charge in [0.1, 0.15) is 0 Å². The summed E-state index contributed by atoms with van der Waals surface area (Å²) in [7, 11) is 1.85. The summed E-state index contributed by atoms with van der Waals surface area (Å²) in [6, 6.07) is 0. The van der Waals surface area contributed by atoms with Crippen molar-refractivity contribution in [2.45, 2.75) is 39.2 Å². The molecule has 0 aromatic rings. The fourth-order valence-electron chi connectivity index (χ4n) is 2.03. The minimum absolute atomic E-state index is 0.128. The first-order chi connectivity index (χ1) is 8.13. The number of amides is 1. The molecule has 0 aromatic heterocycles. The van der Waals surface area contributed by atoms with Crippen molar-refractivity contribution in [3.63, 3.8) is 0 Å². The number of rotatable bonds is 6. The Morgan fingerprint density at radius 2 is 2.29 bits per heavy atom. The van der Waals surface area contributed by atoms with Crippen LogP contribution in [0.5, 0.6) is 0 Å². The molecule has 0 N–H and O–H groups in total. The molecule has 1 saturated heterocycles. The molecule has 0 radical (unpaired) electrons. The largest absolute Gasteiger partial charge is 0.375 e. The molecule has 0 aromatic carbocycles. The molecule has 1 fully saturated rings. The maximum Gasteiger partial charge on any atom is 0.219 e. The van der Waals surface area contributed by atoms with Gasteiger partial charge >= 0.3 is 0 Å². The van der Waals surface area contributed by atoms with E-state index in [1.165, 1.54) is 19.4 Å². The number of carbonyl (C=O) groups excluding carboxylic acids is 1. The summed E-state index contributed by atoms with van der Waals surface area (Å²) in [5.74, 6) is 0.128. The van der Waals surface area contributed by atoms with Crippen LogP contribution in [0.3, 0.4) is 0 Å². The molecular formula is C13H26N2O2. The maximum absolute atomic E-state index is 11.1. The van der Waals surface area contributed by atoms with E-state index >= 15 is 0 Å². The molecule has 1 amide bonds. The van der Waals surface area contributed by atoms with Crippen LogP contribution in [-0.4, -0.2) is 61.6 Å². The smallest absolute Gasteiger partial charge is 0.219 e. The average molecular weight is 242 g/mol. The van der Waals surface area contributed by atoms with Crippen LogP contribution in [0.2, 0.25) is 0 Å². The van der Waals surface area contributed by atoms with E-state index in [9.17, 15) is 4.79 Å². The molecule has 100 valence electrons. The minimum atomic E-state index is 0.128. The molecule has 4 nitrogen and oxygen atoms in total. The van der Waals surface area contributed by atoms with Gasteiger partial charge in [0.2, 0.25) is 5.91 Å². The Labute approximate surface area is 105 Å². The summed E-state index contributed by atoms with van der Waals surface area (Å²) < 4.78 is 5.74. The Bertz CT molecular complexity index is 233. The van der Waals surface area contributed by atoms with E-state index in [1.807, 2.05) is 7.05 Å². The lowest BCUT2D eigenvalue weighted by Gasteiger charge is -2.33. The highest BCUT2D eigenvalue weighted by molar-refractivity contribution is 5.72. The molecule has 1 atom stereocenters. The normalized spacial score (nSPS) is 21.5. The minimum Gasteiger partial charge on any atom is -0.375 e. The van der Waals surface area contributed by atoms with Crippen LogP contribution in [0.15, 0.2) is 0 Å². The number of hydrogen-bond donors (Lipinski definition) is 0. The molecule has 0 spiro atoms. The van der Waals surface area contributed by atoms with Gasteiger partial charge in [-0.15, -0.1) is 0 Å². The number of hydrogen-bond acceptors (Lipinski definition) is 3. The van der Waals surface area contributed by atoms with Crippen molar-refractivity contribution in [2.24, 2.45) is 0 Å². The predicted molar refractivity (Wildman–Crippen MR) is 69.0 cm³/mol. The topological polar surface area (TPSA) is 32.8 Å². The molecule has 0 bridgehead atoms. The zero-order chi connectivity index (χ0) is 12.7. The lowest BCUT2D eigenvalue weighted by Crippen LogP contribution is -2.44. The number of unbranched alkanes of at least 4 members (excludes halogenated alkanes) is 1. The fourth-order valence-corrected chi connectivity index (χ4v) is 2.03. The Hall–Kier alpha value is -0.610. The van der Waals surface area contributed by atoms with Crippen LogP contribution in [0.1, 0.15) is 33.1 Å². The first-order valence-electron chi connectivity index (χ1n) is 6.69. The number of nitrogens with zero attached hydrogens (tertiary/aromatic N) is 2. The van der Waals surface area contributed by atoms with Gasteiger partial charge in [0, 0.05) is 33.6 Å². The summed E-state index contributed by atoms with van der Waals surface area (Å²) in [4.78, 5) is 15.3. The summed E-state index contributed by atoms with van der Waals surface area (Å²) in [6.45, 7) is 8.71. The van der Waals surface area contributed by atoms with E-state index in [0.717, 1.165) is 32.7 Å². The van der Waals surface area contributed by atoms with Gasteiger partial charge in [-0.25, -0.2) is 0 Å². The van der Waals surface area contributed by atoms with Gasteiger partial charge in [0.25, 0.3) is 0 Å². The van der Waals surface area contributed by atoms with E-state index in [0.29, 0.717) is 6.10 Å². The second-order valence-electron chi connectivity index (χ2n) is 4.88. The zero-order valence-corrected chi connectivity index (χ0v) is 11.4. The van der Waals surface area contributed by atoms with Crippen molar-refractivity contribution in [1.29, 1.82) is 0 Å². The molecule has 0 unspecified atom stereocenters. The third-order valence-electron chi connectivity index (χ3n) is 3.37. The summed E-state index contributed by atoms with van der Waals surface area (Å²) >= 11 is 0. The maximum atomic E-state index is 11.1. The van der Waals surface area contributed by atoms with Gasteiger partial charge in [-0.1, -0.05) is 13.3 Å². The number of carbonyl (C=O) groups is 1. The highest BCUT2D eigenvalue weighted by Gasteiger charge is 2.20. The standard InChI is InChI=1S/C13H26N2O2/c1-4-5-7-15-9-10-17-13(11-15)6-8-14(3)12(2)16/h13H,4-11H2,1-3H3/t13-/m0/s1. The van der Waals surface area contributed by atoms with Gasteiger partial charge < -0.3 is 9.64 Å². The van der Waals surface area contributed by atoms with Crippen LogP contribution in [-0.2, 0) is 9.53 Å². The Balaban J connectivity index is 2.22. The number of morpholine rings is 1. The van der Waals surface area contributed by atoms with Gasteiger partial charge in [-0.3, -0.25) is 9.69 Å². The molecular weight excluding hydrogens is 216 g/mol. The first kappa shape index (κ1) is 14.5. The average Bonchev–Trinajstić information content (AvgIpc) is 2.33. The number of ether oxygens (including phenoxy) is 1. The van der Waals surface area contributed by atoms with Crippen molar-refractivity contribution in [1.82, 2.24) is 9.80 Å². The van der Waals surface area contributed by atoms with E-state index in [-0.39, 0.29) is 5.91 Å². The highest BCUT2D eigenvalue weighted by Crippen LogP contribution is 2.10. The van der Waals surface area contributed by atoms with Crippen LogP contribution >= 0.6 is 0 Å². The van der Waals surface area contributed by atoms with E-state index < -0.39 is 0 Å². The summed E-state index contributed by atoms with van der Waals surface area (Å²) in [5.41, 5.74) is 0. The van der Waals surface area contributed by atoms with Gasteiger partial charge in [-0.05, 0) is 19.4 Å². The molecule has 1 heterocycles. The monoisotopic (exact) mass is 242 g/mol. The Kier molecular flexibility index (Phi) is 6.52. The molecule has 0 saturated carbocycles. The predicted octanol–water partition coefficient (Wildman–Crippen LogP) is 1.36. The van der Waals surface area contributed by atoms with Gasteiger partial charge in [-0.2, -0.15) is 0 Å². The van der Waals surface area contributed by atoms with Crippen molar-refractivity contribution in [3.8, 4) is 0 Å². The summed E-state index contributed by atoms with van der Waals surface area (Å²) in [6.07, 6.45) is 3.75. The highest BCUT2D eigenvalue weighted by atomic mass is 16.5. The van der Waals surface area contributed by atoms with Crippen molar-refractivity contribution in [2.75, 3.05) is 39.8 Å². The van der Waals surface area contributed by atoms with Crippen LogP contribution in [0.25, 0.3) is 0 Å². The Morgan fingerprint density at radius 1 is 1.53 bits per heavy atom. The third kappa shape index (κ3) is 5.50. The van der Waals surface area contributed by atoms with E-state index in [2.05, 4.69) is 11.8 Å². The summed E-state index contributed by atoms with van der Waals surface area (Å²) in [5, 5.41) is 0. The molecule has 17 heavy (non-hydrogen) atoms. The van der Waals surface area contributed by atoms with Crippen LogP contribution in [0.4, 0.5) is 0 Å². The van der Waals surface area contributed by atoms with Crippen LogP contribution < -0.4 is 0 Å². The van der Waals surface area contributed by atoms with Crippen LogP contribution in [0, 0.1) is 0 Å². The second kappa shape index (κ2) is 7.67. The molecule has 1 aliphatic heterocycles. The quantitative estimate of drug-likeness (QED) is 0.705. The van der Waals surface area contributed by atoms with Gasteiger partial charge in [0.15, 0.2) is 0 Å². The van der Waals surface area contributed by atoms with Gasteiger partial charge in [0.05, 0.1) is 12.7 Å². The van der Waals surface area contributed by atoms with Crippen molar-refractivity contribution >= 4 is 5.91 Å². The van der Waals surface area contributed by atoms with Crippen molar-refractivity contribution < 1.29 is 9.53 Å². The zero-order valence-electron chi connectivity index (χ0n) is 11.4. The molecule has 1 aliphatic rings. The fraction of sp³-hybridized carbons (Fsp3) is 0.923. The molecule has 4 heteroatoms. The van der Waals surface area contributed by atoms with Crippen molar-refractivity contribution in [3.05, 3.63) is 0 Å². The lowest BCUT2D eigenvalue weighted by molar-refractivity contribution is -0.128. The third-order valence-corrected chi connectivity index (χ3v) is 3.37. The Morgan fingerprint density at radius 3 is 2.94 bits per heavy atom. The van der Waals surface area contributed by atoms with E-state index in [1.54, 1.807) is 11.8 Å². The second-order valence-corrected chi connectivity index (χ2v) is 4.88. The van der Waals surface area contributed by atoms with E-state index in [4.69, 9.17) is 4.74 Å². The molecule has 1 rings (SSSR count). The lowest BCUT2D eigenvalue weighted by atomic mass is 10.2.